The third kappa shape index (κ3) is 4.36. The van der Waals surface area contributed by atoms with Gasteiger partial charge in [-0.2, -0.15) is 0 Å². The Labute approximate surface area is 84.3 Å². The highest BCUT2D eigenvalue weighted by Gasteiger charge is 2.09. The highest BCUT2D eigenvalue weighted by atomic mass is 32.1. The van der Waals surface area contributed by atoms with Gasteiger partial charge in [0.15, 0.2) is 5.05 Å². The molecule has 0 aromatic rings. The van der Waals surface area contributed by atoms with Gasteiger partial charge in [0.1, 0.15) is 6.61 Å². The maximum absolute atomic E-state index is 5.22. The highest BCUT2D eigenvalue weighted by molar-refractivity contribution is 7.80. The molecule has 0 spiro atoms. The Morgan fingerprint density at radius 2 is 2.23 bits per heavy atom. The fourth-order valence-electron chi connectivity index (χ4n) is 1.16. The van der Waals surface area contributed by atoms with E-state index in [1.165, 1.54) is 0 Å². The summed E-state index contributed by atoms with van der Waals surface area (Å²) < 4.78 is 10.4. The third-order valence-corrected chi connectivity index (χ3v) is 2.21. The second-order valence-electron chi connectivity index (χ2n) is 2.83. The van der Waals surface area contributed by atoms with Crippen molar-refractivity contribution < 1.29 is 9.47 Å². The number of ether oxygens (including phenoxy) is 2. The zero-order valence-corrected chi connectivity index (χ0v) is 8.52. The fraction of sp³-hybridized carbons (Fsp3) is 0.667. The van der Waals surface area contributed by atoms with Crippen LogP contribution < -0.4 is 0 Å². The molecule has 0 aromatic carbocycles. The molecule has 3 nitrogen and oxygen atoms in total. The van der Waals surface area contributed by atoms with Gasteiger partial charge < -0.3 is 9.47 Å². The van der Waals surface area contributed by atoms with Crippen molar-refractivity contribution in [3.8, 4) is 0 Å². The first-order chi connectivity index (χ1) is 6.33. The molecule has 74 valence electrons. The molecule has 0 aromatic heterocycles. The van der Waals surface area contributed by atoms with Crippen LogP contribution in [0.2, 0.25) is 0 Å². The molecule has 0 unspecified atom stereocenters. The van der Waals surface area contributed by atoms with Crippen molar-refractivity contribution in [1.82, 2.24) is 4.90 Å². The van der Waals surface area contributed by atoms with E-state index in [9.17, 15) is 0 Å². The van der Waals surface area contributed by atoms with Gasteiger partial charge in [0, 0.05) is 19.6 Å². The van der Waals surface area contributed by atoms with Crippen LogP contribution in [0.15, 0.2) is 12.7 Å². The molecule has 1 rings (SSSR count). The Kier molecular flexibility index (Phi) is 4.97. The molecule has 0 N–H and O–H groups in total. The Morgan fingerprint density at radius 1 is 1.54 bits per heavy atom. The van der Waals surface area contributed by atoms with Gasteiger partial charge in [-0.1, -0.05) is 6.58 Å². The molecular formula is C9H15NO2S. The minimum atomic E-state index is 0.480. The van der Waals surface area contributed by atoms with Crippen LogP contribution in [0.5, 0.6) is 0 Å². The second-order valence-corrected chi connectivity index (χ2v) is 3.23. The summed E-state index contributed by atoms with van der Waals surface area (Å²) in [5.41, 5.74) is 0. The lowest BCUT2D eigenvalue weighted by Gasteiger charge is -2.26. The van der Waals surface area contributed by atoms with Crippen LogP contribution in [0.25, 0.3) is 0 Å². The zero-order chi connectivity index (χ0) is 9.52. The monoisotopic (exact) mass is 201 g/mol. The van der Waals surface area contributed by atoms with Crippen LogP contribution >= 0.6 is 12.2 Å². The molecule has 1 aliphatic rings. The van der Waals surface area contributed by atoms with Gasteiger partial charge in [-0.25, -0.2) is 0 Å². The maximum Gasteiger partial charge on any atom is 0.183 e. The smallest absolute Gasteiger partial charge is 0.183 e. The van der Waals surface area contributed by atoms with Crippen molar-refractivity contribution in [3.63, 3.8) is 0 Å². The predicted molar refractivity (Wildman–Crippen MR) is 56.0 cm³/mol. The molecular weight excluding hydrogens is 186 g/mol. The Hall–Kier alpha value is -0.450. The summed E-state index contributed by atoms with van der Waals surface area (Å²) in [6.45, 7) is 8.72. The van der Waals surface area contributed by atoms with Gasteiger partial charge in [-0.3, -0.25) is 4.90 Å². The third-order valence-electron chi connectivity index (χ3n) is 1.92. The van der Waals surface area contributed by atoms with Crippen LogP contribution in [0, 0.1) is 0 Å². The number of nitrogens with zero attached hydrogens (tertiary/aromatic N) is 1. The number of thiocarbonyl (C=S) groups is 1. The minimum absolute atomic E-state index is 0.480. The van der Waals surface area contributed by atoms with Crippen molar-refractivity contribution in [2.45, 2.75) is 0 Å². The van der Waals surface area contributed by atoms with Crippen molar-refractivity contribution in [1.29, 1.82) is 0 Å². The van der Waals surface area contributed by atoms with E-state index in [2.05, 4.69) is 11.5 Å². The van der Waals surface area contributed by atoms with Crippen molar-refractivity contribution in [2.24, 2.45) is 0 Å². The average molecular weight is 201 g/mol. The largest absolute Gasteiger partial charge is 0.482 e. The van der Waals surface area contributed by atoms with E-state index in [0.717, 1.165) is 32.8 Å². The molecule has 0 amide bonds. The summed E-state index contributed by atoms with van der Waals surface area (Å²) in [4.78, 5) is 2.30. The fourth-order valence-corrected chi connectivity index (χ4v) is 1.24. The summed E-state index contributed by atoms with van der Waals surface area (Å²) in [6.07, 6.45) is 1.55. The van der Waals surface area contributed by atoms with Gasteiger partial charge in [0.05, 0.1) is 13.2 Å². The molecule has 0 bridgehead atoms. The first-order valence-electron chi connectivity index (χ1n) is 4.42. The van der Waals surface area contributed by atoms with Gasteiger partial charge in [-0.05, 0) is 18.3 Å². The Morgan fingerprint density at radius 3 is 2.85 bits per heavy atom. The van der Waals surface area contributed by atoms with E-state index < -0.39 is 0 Å². The van der Waals surface area contributed by atoms with Crippen molar-refractivity contribution >= 4 is 17.3 Å². The lowest BCUT2D eigenvalue weighted by atomic mass is 10.4. The zero-order valence-electron chi connectivity index (χ0n) is 7.70. The molecule has 1 heterocycles. The SMILES string of the molecule is C=CC(=S)OCCN1CCOCC1. The molecule has 4 heteroatoms. The van der Waals surface area contributed by atoms with Gasteiger partial charge in [0.25, 0.3) is 0 Å². The number of hydrogen-bond acceptors (Lipinski definition) is 4. The van der Waals surface area contributed by atoms with Crippen molar-refractivity contribution in [3.05, 3.63) is 12.7 Å². The number of morpholine rings is 1. The molecule has 0 saturated carbocycles. The topological polar surface area (TPSA) is 21.7 Å². The number of hydrogen-bond donors (Lipinski definition) is 0. The number of rotatable bonds is 4. The molecule has 1 fully saturated rings. The first-order valence-corrected chi connectivity index (χ1v) is 4.83. The van der Waals surface area contributed by atoms with Crippen LogP contribution in [0.3, 0.4) is 0 Å². The van der Waals surface area contributed by atoms with E-state index in [1.807, 2.05) is 0 Å². The quantitative estimate of drug-likeness (QED) is 0.496. The average Bonchev–Trinajstić information content (AvgIpc) is 2.19. The van der Waals surface area contributed by atoms with Crippen molar-refractivity contribution in [2.75, 3.05) is 39.5 Å². The molecule has 1 saturated heterocycles. The Balaban J connectivity index is 2.04. The normalized spacial score (nSPS) is 18.2. The van der Waals surface area contributed by atoms with Gasteiger partial charge >= 0.3 is 0 Å². The van der Waals surface area contributed by atoms with Gasteiger partial charge in [-0.15, -0.1) is 0 Å². The van der Waals surface area contributed by atoms with E-state index in [4.69, 9.17) is 21.7 Å². The highest BCUT2D eigenvalue weighted by Crippen LogP contribution is 1.96. The standard InChI is InChI=1S/C9H15NO2S/c1-2-9(13)12-8-5-10-3-6-11-7-4-10/h2H,1,3-8H2. The lowest BCUT2D eigenvalue weighted by Crippen LogP contribution is -2.38. The molecule has 0 radical (unpaired) electrons. The van der Waals surface area contributed by atoms with Crippen LogP contribution in [-0.2, 0) is 9.47 Å². The van der Waals surface area contributed by atoms with Crippen LogP contribution in [-0.4, -0.2) is 49.4 Å². The van der Waals surface area contributed by atoms with E-state index in [-0.39, 0.29) is 0 Å². The summed E-state index contributed by atoms with van der Waals surface area (Å²) in [5, 5.41) is 0.480. The van der Waals surface area contributed by atoms with E-state index in [1.54, 1.807) is 6.08 Å². The minimum Gasteiger partial charge on any atom is -0.482 e. The predicted octanol–water partition coefficient (Wildman–Crippen LogP) is 0.849. The molecule has 13 heavy (non-hydrogen) atoms. The summed E-state index contributed by atoms with van der Waals surface area (Å²) in [6, 6.07) is 0. The molecule has 1 aliphatic heterocycles. The van der Waals surface area contributed by atoms with E-state index >= 15 is 0 Å². The molecule has 0 aliphatic carbocycles. The maximum atomic E-state index is 5.22. The second kappa shape index (κ2) is 6.07. The van der Waals surface area contributed by atoms with Crippen LogP contribution in [0.1, 0.15) is 0 Å². The Bertz CT molecular complexity index is 178. The van der Waals surface area contributed by atoms with Crippen LogP contribution in [0.4, 0.5) is 0 Å². The van der Waals surface area contributed by atoms with E-state index in [0.29, 0.717) is 11.7 Å². The molecule has 0 atom stereocenters. The summed E-state index contributed by atoms with van der Waals surface area (Å²) in [5.74, 6) is 0. The lowest BCUT2D eigenvalue weighted by molar-refractivity contribution is 0.0318. The summed E-state index contributed by atoms with van der Waals surface area (Å²) in [7, 11) is 0. The summed E-state index contributed by atoms with van der Waals surface area (Å²) >= 11 is 4.84. The van der Waals surface area contributed by atoms with Gasteiger partial charge in [0.2, 0.25) is 0 Å². The first kappa shape index (κ1) is 10.6.